The second-order valence-electron chi connectivity index (χ2n) is 3.83. The lowest BCUT2D eigenvalue weighted by atomic mass is 10.2. The van der Waals surface area contributed by atoms with E-state index in [1.54, 1.807) is 0 Å². The van der Waals surface area contributed by atoms with Crippen molar-refractivity contribution in [3.63, 3.8) is 0 Å². The summed E-state index contributed by atoms with van der Waals surface area (Å²) in [5.41, 5.74) is 1.30. The van der Waals surface area contributed by atoms with E-state index in [0.717, 1.165) is 23.0 Å². The molecule has 0 aliphatic heterocycles. The van der Waals surface area contributed by atoms with E-state index in [2.05, 4.69) is 20.5 Å². The molecule has 0 aliphatic rings. The molecule has 0 unspecified atom stereocenters. The Hall–Kier alpha value is -2.15. The smallest absolute Gasteiger partial charge is 0.325 e. The van der Waals surface area contributed by atoms with Gasteiger partial charge in [-0.2, -0.15) is 10.1 Å². The molecular formula is C12H12N4O2S. The van der Waals surface area contributed by atoms with Crippen molar-refractivity contribution < 1.29 is 4.79 Å². The van der Waals surface area contributed by atoms with Crippen molar-refractivity contribution in [1.82, 2.24) is 15.2 Å². The summed E-state index contributed by atoms with van der Waals surface area (Å²) in [7, 11) is 0. The summed E-state index contributed by atoms with van der Waals surface area (Å²) in [4.78, 5) is 26.3. The van der Waals surface area contributed by atoms with Gasteiger partial charge in [0.1, 0.15) is 5.03 Å². The fourth-order valence-electron chi connectivity index (χ4n) is 1.43. The summed E-state index contributed by atoms with van der Waals surface area (Å²) >= 11 is 1.16. The third kappa shape index (κ3) is 4.22. The van der Waals surface area contributed by atoms with E-state index in [-0.39, 0.29) is 11.7 Å². The molecule has 1 heterocycles. The number of carbonyl (C=O) groups is 1. The normalized spacial score (nSPS) is 10.2. The quantitative estimate of drug-likeness (QED) is 0.819. The first kappa shape index (κ1) is 13.3. The minimum absolute atomic E-state index is 0.155. The fourth-order valence-corrected chi connectivity index (χ4v) is 2.05. The molecule has 7 heteroatoms. The SMILES string of the molecule is Cc1cccc(NC(=O)CSc2cn[nH]c(=O)n2)c1. The van der Waals surface area contributed by atoms with Gasteiger partial charge in [0, 0.05) is 5.69 Å². The highest BCUT2D eigenvalue weighted by Gasteiger charge is 2.05. The Labute approximate surface area is 113 Å². The minimum Gasteiger partial charge on any atom is -0.325 e. The second kappa shape index (κ2) is 6.14. The number of H-pyrrole nitrogens is 1. The van der Waals surface area contributed by atoms with Crippen LogP contribution >= 0.6 is 11.8 Å². The summed E-state index contributed by atoms with van der Waals surface area (Å²) in [6.07, 6.45) is 1.41. The summed E-state index contributed by atoms with van der Waals surface area (Å²) < 4.78 is 0. The van der Waals surface area contributed by atoms with Crippen molar-refractivity contribution in [3.05, 3.63) is 46.5 Å². The number of nitrogens with zero attached hydrogens (tertiary/aromatic N) is 2. The summed E-state index contributed by atoms with van der Waals surface area (Å²) in [6, 6.07) is 7.54. The molecule has 2 rings (SSSR count). The maximum atomic E-state index is 11.7. The van der Waals surface area contributed by atoms with Gasteiger partial charge in [0.15, 0.2) is 0 Å². The van der Waals surface area contributed by atoms with Crippen LogP contribution in [0.1, 0.15) is 5.56 Å². The molecule has 1 aromatic carbocycles. The summed E-state index contributed by atoms with van der Waals surface area (Å²) in [6.45, 7) is 1.95. The van der Waals surface area contributed by atoms with Gasteiger partial charge in [-0.15, -0.1) is 0 Å². The van der Waals surface area contributed by atoms with Crippen molar-refractivity contribution in [1.29, 1.82) is 0 Å². The standard InChI is InChI=1S/C12H12N4O2S/c1-8-3-2-4-9(5-8)14-10(17)7-19-11-6-13-16-12(18)15-11/h2-6H,7H2,1H3,(H,14,17)(H,15,16,18). The van der Waals surface area contributed by atoms with Crippen LogP contribution in [0.5, 0.6) is 0 Å². The molecule has 0 bridgehead atoms. The van der Waals surface area contributed by atoms with E-state index in [0.29, 0.717) is 5.03 Å². The Balaban J connectivity index is 1.90. The number of hydrogen-bond donors (Lipinski definition) is 2. The van der Waals surface area contributed by atoms with Crippen LogP contribution in [0.15, 0.2) is 40.3 Å². The zero-order chi connectivity index (χ0) is 13.7. The topological polar surface area (TPSA) is 87.7 Å². The van der Waals surface area contributed by atoms with Gasteiger partial charge in [-0.3, -0.25) is 4.79 Å². The number of rotatable bonds is 4. The Morgan fingerprint density at radius 1 is 1.47 bits per heavy atom. The Kier molecular flexibility index (Phi) is 4.30. The van der Waals surface area contributed by atoms with Crippen molar-refractivity contribution >= 4 is 23.4 Å². The summed E-state index contributed by atoms with van der Waals surface area (Å²) in [5, 5.41) is 8.97. The van der Waals surface area contributed by atoms with Crippen molar-refractivity contribution in [2.24, 2.45) is 0 Å². The van der Waals surface area contributed by atoms with Gasteiger partial charge in [-0.05, 0) is 24.6 Å². The van der Waals surface area contributed by atoms with E-state index in [9.17, 15) is 9.59 Å². The molecule has 0 fully saturated rings. The number of thioether (sulfide) groups is 1. The van der Waals surface area contributed by atoms with Crippen LogP contribution in [0.25, 0.3) is 0 Å². The maximum absolute atomic E-state index is 11.7. The average molecular weight is 276 g/mol. The van der Waals surface area contributed by atoms with E-state index in [4.69, 9.17) is 0 Å². The number of carbonyl (C=O) groups excluding carboxylic acids is 1. The van der Waals surface area contributed by atoms with Crippen LogP contribution in [0, 0.1) is 6.92 Å². The van der Waals surface area contributed by atoms with Crippen LogP contribution in [-0.4, -0.2) is 26.8 Å². The molecule has 19 heavy (non-hydrogen) atoms. The van der Waals surface area contributed by atoms with Crippen LogP contribution in [0.3, 0.4) is 0 Å². The molecule has 98 valence electrons. The van der Waals surface area contributed by atoms with E-state index in [1.807, 2.05) is 31.2 Å². The lowest BCUT2D eigenvalue weighted by Crippen LogP contribution is -2.16. The number of anilines is 1. The van der Waals surface area contributed by atoms with Gasteiger partial charge in [0.2, 0.25) is 5.91 Å². The van der Waals surface area contributed by atoms with Gasteiger partial charge in [-0.1, -0.05) is 23.9 Å². The predicted molar refractivity (Wildman–Crippen MR) is 73.2 cm³/mol. The van der Waals surface area contributed by atoms with Crippen molar-refractivity contribution in [3.8, 4) is 0 Å². The summed E-state index contributed by atoms with van der Waals surface area (Å²) in [5.74, 6) is 0.0178. The van der Waals surface area contributed by atoms with Gasteiger partial charge in [0.05, 0.1) is 11.9 Å². The highest BCUT2D eigenvalue weighted by atomic mass is 32.2. The van der Waals surface area contributed by atoms with E-state index >= 15 is 0 Å². The third-order valence-corrected chi connectivity index (χ3v) is 3.10. The number of aromatic amines is 1. The minimum atomic E-state index is -0.524. The number of benzene rings is 1. The zero-order valence-corrected chi connectivity index (χ0v) is 11.0. The molecule has 0 saturated carbocycles. The lowest BCUT2D eigenvalue weighted by Gasteiger charge is -2.05. The number of hydrogen-bond acceptors (Lipinski definition) is 5. The number of nitrogens with one attached hydrogen (secondary N) is 2. The predicted octanol–water partition coefficient (Wildman–Crippen LogP) is 1.20. The largest absolute Gasteiger partial charge is 0.362 e. The van der Waals surface area contributed by atoms with Crippen LogP contribution in [0.4, 0.5) is 5.69 Å². The van der Waals surface area contributed by atoms with Crippen LogP contribution in [-0.2, 0) is 4.79 Å². The van der Waals surface area contributed by atoms with E-state index in [1.165, 1.54) is 6.20 Å². The van der Waals surface area contributed by atoms with Gasteiger partial charge < -0.3 is 5.32 Å². The molecule has 0 saturated heterocycles. The average Bonchev–Trinajstić information content (AvgIpc) is 2.36. The Morgan fingerprint density at radius 3 is 3.05 bits per heavy atom. The molecule has 2 aromatic rings. The van der Waals surface area contributed by atoms with Crippen LogP contribution in [0.2, 0.25) is 0 Å². The Morgan fingerprint density at radius 2 is 2.32 bits per heavy atom. The molecule has 1 amide bonds. The molecule has 0 spiro atoms. The fraction of sp³-hybridized carbons (Fsp3) is 0.167. The van der Waals surface area contributed by atoms with Gasteiger partial charge in [0.25, 0.3) is 0 Å². The van der Waals surface area contributed by atoms with Gasteiger partial charge >= 0.3 is 5.69 Å². The van der Waals surface area contributed by atoms with E-state index < -0.39 is 5.69 Å². The molecule has 1 aromatic heterocycles. The number of amides is 1. The molecule has 0 atom stereocenters. The molecule has 0 radical (unpaired) electrons. The first-order chi connectivity index (χ1) is 9.13. The van der Waals surface area contributed by atoms with Crippen molar-refractivity contribution in [2.45, 2.75) is 11.9 Å². The highest BCUT2D eigenvalue weighted by molar-refractivity contribution is 7.99. The molecule has 2 N–H and O–H groups in total. The molecule has 0 aliphatic carbocycles. The number of aryl methyl sites for hydroxylation is 1. The monoisotopic (exact) mass is 276 g/mol. The highest BCUT2D eigenvalue weighted by Crippen LogP contribution is 2.13. The third-order valence-electron chi connectivity index (χ3n) is 2.20. The first-order valence-corrected chi connectivity index (χ1v) is 6.53. The number of aromatic nitrogens is 3. The second-order valence-corrected chi connectivity index (χ2v) is 4.83. The van der Waals surface area contributed by atoms with Crippen LogP contribution < -0.4 is 11.0 Å². The molecule has 6 nitrogen and oxygen atoms in total. The maximum Gasteiger partial charge on any atom is 0.362 e. The van der Waals surface area contributed by atoms with Crippen molar-refractivity contribution in [2.75, 3.05) is 11.1 Å². The molecular weight excluding hydrogens is 264 g/mol. The lowest BCUT2D eigenvalue weighted by molar-refractivity contribution is -0.113. The zero-order valence-electron chi connectivity index (χ0n) is 10.2. The Bertz CT molecular complexity index is 641. The first-order valence-electron chi connectivity index (χ1n) is 5.54. The van der Waals surface area contributed by atoms with Gasteiger partial charge in [-0.25, -0.2) is 9.89 Å².